The Morgan fingerprint density at radius 3 is 2.50 bits per heavy atom. The highest BCUT2D eigenvalue weighted by Gasteiger charge is 2.34. The number of nitrogens with zero attached hydrogens (tertiary/aromatic N) is 3. The first-order valence-electron chi connectivity index (χ1n) is 7.65. The van der Waals surface area contributed by atoms with Gasteiger partial charge in [0, 0.05) is 25.2 Å². The third-order valence-electron chi connectivity index (χ3n) is 3.72. The number of ether oxygens (including phenoxy) is 1. The van der Waals surface area contributed by atoms with Crippen LogP contribution < -0.4 is 10.6 Å². The summed E-state index contributed by atoms with van der Waals surface area (Å²) in [5, 5.41) is 0. The molecule has 1 aromatic heterocycles. The van der Waals surface area contributed by atoms with Crippen LogP contribution in [-0.2, 0) is 4.74 Å². The fourth-order valence-corrected chi connectivity index (χ4v) is 2.63. The summed E-state index contributed by atoms with van der Waals surface area (Å²) in [4.78, 5) is 20.5. The van der Waals surface area contributed by atoms with Crippen LogP contribution >= 0.6 is 0 Å². The summed E-state index contributed by atoms with van der Waals surface area (Å²) in [6.07, 6.45) is 1.53. The lowest BCUT2D eigenvalue weighted by Crippen LogP contribution is -2.59. The lowest BCUT2D eigenvalue weighted by atomic mass is 10.1. The number of pyridine rings is 1. The number of hydrogen-bond donors (Lipinski definition) is 1. The fourth-order valence-electron chi connectivity index (χ4n) is 2.63. The molecule has 6 heteroatoms. The maximum Gasteiger partial charge on any atom is 0.410 e. The summed E-state index contributed by atoms with van der Waals surface area (Å²) in [6, 6.07) is 4.03. The van der Waals surface area contributed by atoms with Crippen molar-refractivity contribution >= 4 is 17.6 Å². The van der Waals surface area contributed by atoms with Gasteiger partial charge in [0.05, 0.1) is 11.9 Å². The van der Waals surface area contributed by atoms with Gasteiger partial charge >= 0.3 is 6.09 Å². The quantitative estimate of drug-likeness (QED) is 0.863. The second-order valence-electron chi connectivity index (χ2n) is 6.92. The van der Waals surface area contributed by atoms with Crippen LogP contribution in [0.5, 0.6) is 0 Å². The second kappa shape index (κ2) is 6.02. The monoisotopic (exact) mass is 306 g/mol. The molecule has 1 saturated heterocycles. The summed E-state index contributed by atoms with van der Waals surface area (Å²) >= 11 is 0. The van der Waals surface area contributed by atoms with Gasteiger partial charge in [0.2, 0.25) is 0 Å². The van der Waals surface area contributed by atoms with Gasteiger partial charge in [-0.3, -0.25) is 0 Å². The summed E-state index contributed by atoms with van der Waals surface area (Å²) in [5.41, 5.74) is 6.19. The number of rotatable bonds is 1. The van der Waals surface area contributed by atoms with Gasteiger partial charge in [0.15, 0.2) is 0 Å². The average molecular weight is 306 g/mol. The summed E-state index contributed by atoms with van der Waals surface area (Å²) in [5.74, 6) is 0.511. The van der Waals surface area contributed by atoms with Crippen LogP contribution in [0, 0.1) is 0 Å². The third-order valence-corrected chi connectivity index (χ3v) is 3.72. The molecule has 1 aromatic rings. The van der Waals surface area contributed by atoms with Gasteiger partial charge in [-0.25, -0.2) is 9.78 Å². The molecular formula is C16H26N4O2. The fraction of sp³-hybridized carbons (Fsp3) is 0.625. The number of nitrogen functional groups attached to an aromatic ring is 1. The molecule has 1 fully saturated rings. The normalized spacial score (nSPS) is 22.6. The molecule has 0 aliphatic carbocycles. The number of carbonyl (C=O) groups is 1. The zero-order valence-electron chi connectivity index (χ0n) is 14.0. The van der Waals surface area contributed by atoms with Crippen molar-refractivity contribution in [3.63, 3.8) is 0 Å². The van der Waals surface area contributed by atoms with E-state index in [9.17, 15) is 4.79 Å². The van der Waals surface area contributed by atoms with E-state index in [-0.39, 0.29) is 18.2 Å². The van der Waals surface area contributed by atoms with Crippen molar-refractivity contribution < 1.29 is 9.53 Å². The van der Waals surface area contributed by atoms with E-state index in [1.165, 1.54) is 0 Å². The molecule has 2 N–H and O–H groups in total. The Balaban J connectivity index is 2.08. The Labute approximate surface area is 132 Å². The van der Waals surface area contributed by atoms with E-state index in [0.29, 0.717) is 12.4 Å². The van der Waals surface area contributed by atoms with Crippen LogP contribution in [0.4, 0.5) is 16.3 Å². The van der Waals surface area contributed by atoms with Crippen LogP contribution in [0.25, 0.3) is 0 Å². The molecule has 1 aliphatic heterocycles. The molecule has 0 spiro atoms. The largest absolute Gasteiger partial charge is 0.444 e. The Morgan fingerprint density at radius 2 is 1.95 bits per heavy atom. The molecule has 0 bridgehead atoms. The van der Waals surface area contributed by atoms with Gasteiger partial charge in [-0.05, 0) is 46.8 Å². The second-order valence-corrected chi connectivity index (χ2v) is 6.92. The van der Waals surface area contributed by atoms with E-state index in [4.69, 9.17) is 10.5 Å². The van der Waals surface area contributed by atoms with E-state index < -0.39 is 5.60 Å². The number of amides is 1. The van der Waals surface area contributed by atoms with Crippen LogP contribution in [0.15, 0.2) is 18.3 Å². The SMILES string of the molecule is CC1CN(c2ccc(N)nc2)[C@H](C)CN1C(=O)OC(C)(C)C. The number of aromatic nitrogens is 1. The zero-order valence-corrected chi connectivity index (χ0v) is 14.0. The number of piperazine rings is 1. The van der Waals surface area contributed by atoms with Gasteiger partial charge in [-0.1, -0.05) is 0 Å². The van der Waals surface area contributed by atoms with Gasteiger partial charge in [0.25, 0.3) is 0 Å². The van der Waals surface area contributed by atoms with E-state index in [1.54, 1.807) is 17.2 Å². The van der Waals surface area contributed by atoms with E-state index in [2.05, 4.69) is 16.8 Å². The third kappa shape index (κ3) is 3.81. The van der Waals surface area contributed by atoms with E-state index in [1.807, 2.05) is 33.8 Å². The lowest BCUT2D eigenvalue weighted by molar-refractivity contribution is 0.0130. The molecule has 2 rings (SSSR count). The molecule has 2 heterocycles. The Bertz CT molecular complexity index is 524. The molecule has 1 unspecified atom stereocenters. The molecule has 2 atom stereocenters. The van der Waals surface area contributed by atoms with Gasteiger partial charge in [-0.2, -0.15) is 0 Å². The molecule has 6 nitrogen and oxygen atoms in total. The van der Waals surface area contributed by atoms with Crippen molar-refractivity contribution in [2.24, 2.45) is 0 Å². The number of nitrogens with two attached hydrogens (primary N) is 1. The minimum atomic E-state index is -0.474. The molecule has 22 heavy (non-hydrogen) atoms. The number of carbonyl (C=O) groups excluding carboxylic acids is 1. The maximum absolute atomic E-state index is 12.3. The molecule has 1 amide bonds. The van der Waals surface area contributed by atoms with Crippen LogP contribution in [0.1, 0.15) is 34.6 Å². The van der Waals surface area contributed by atoms with Crippen LogP contribution in [0.3, 0.4) is 0 Å². The lowest BCUT2D eigenvalue weighted by Gasteiger charge is -2.45. The van der Waals surface area contributed by atoms with Gasteiger partial charge in [0.1, 0.15) is 11.4 Å². The highest BCUT2D eigenvalue weighted by atomic mass is 16.6. The highest BCUT2D eigenvalue weighted by molar-refractivity contribution is 5.69. The van der Waals surface area contributed by atoms with Crippen molar-refractivity contribution in [2.45, 2.75) is 52.3 Å². The topological polar surface area (TPSA) is 71.7 Å². The Morgan fingerprint density at radius 1 is 1.27 bits per heavy atom. The van der Waals surface area contributed by atoms with E-state index in [0.717, 1.165) is 12.2 Å². The maximum atomic E-state index is 12.3. The van der Waals surface area contributed by atoms with Crippen molar-refractivity contribution in [3.05, 3.63) is 18.3 Å². The molecule has 122 valence electrons. The first kappa shape index (κ1) is 16.4. The van der Waals surface area contributed by atoms with Crippen LogP contribution in [-0.4, -0.2) is 46.8 Å². The zero-order chi connectivity index (χ0) is 16.5. The average Bonchev–Trinajstić information content (AvgIpc) is 2.40. The minimum absolute atomic E-state index is 0.0728. The first-order chi connectivity index (χ1) is 10.2. The smallest absolute Gasteiger partial charge is 0.410 e. The van der Waals surface area contributed by atoms with Crippen molar-refractivity contribution in [3.8, 4) is 0 Å². The Kier molecular flexibility index (Phi) is 4.49. The standard InChI is InChI=1S/C16H26N4O2/c1-11-10-20(15(21)22-16(3,4)5)12(2)9-19(11)13-6-7-14(17)18-8-13/h6-8,11-12H,9-10H2,1-5H3,(H2,17,18)/t11-,12?/m1/s1. The number of hydrogen-bond acceptors (Lipinski definition) is 5. The summed E-state index contributed by atoms with van der Waals surface area (Å²) in [6.45, 7) is 11.2. The molecule has 1 aliphatic rings. The number of anilines is 2. The predicted molar refractivity (Wildman–Crippen MR) is 87.9 cm³/mol. The van der Waals surface area contributed by atoms with Crippen LogP contribution in [0.2, 0.25) is 0 Å². The van der Waals surface area contributed by atoms with Gasteiger partial charge < -0.3 is 20.3 Å². The first-order valence-corrected chi connectivity index (χ1v) is 7.65. The minimum Gasteiger partial charge on any atom is -0.444 e. The highest BCUT2D eigenvalue weighted by Crippen LogP contribution is 2.24. The van der Waals surface area contributed by atoms with Crippen molar-refractivity contribution in [2.75, 3.05) is 23.7 Å². The molecule has 0 saturated carbocycles. The molecule has 0 aromatic carbocycles. The predicted octanol–water partition coefficient (Wildman–Crippen LogP) is 2.50. The summed E-state index contributed by atoms with van der Waals surface area (Å²) in [7, 11) is 0. The summed E-state index contributed by atoms with van der Waals surface area (Å²) < 4.78 is 5.49. The molecule has 0 radical (unpaired) electrons. The van der Waals surface area contributed by atoms with Crippen molar-refractivity contribution in [1.82, 2.24) is 9.88 Å². The van der Waals surface area contributed by atoms with Crippen molar-refractivity contribution in [1.29, 1.82) is 0 Å². The van der Waals surface area contributed by atoms with E-state index >= 15 is 0 Å². The van der Waals surface area contributed by atoms with Gasteiger partial charge in [-0.15, -0.1) is 0 Å². The molecular weight excluding hydrogens is 280 g/mol. The Hall–Kier alpha value is -1.98.